The Morgan fingerprint density at radius 1 is 0.583 bits per heavy atom. The monoisotopic (exact) mass is 264 g/mol. The van der Waals surface area contributed by atoms with Crippen molar-refractivity contribution >= 4 is 46.4 Å². The summed E-state index contributed by atoms with van der Waals surface area (Å²) in [7, 11) is 0. The maximum absolute atomic E-state index is 10.3. The molecule has 0 aromatic carbocycles. The Kier molecular flexibility index (Phi) is 9.88. The predicted octanol–water partition coefficient (Wildman–Crippen LogP) is 5.06. The average Bonchev–Trinajstić information content (AvgIpc) is 1.88. The first-order valence-electron chi connectivity index (χ1n) is 2.01. The molecule has 0 N–H and O–H groups in total. The highest BCUT2D eigenvalue weighted by Gasteiger charge is 1.98. The first-order chi connectivity index (χ1) is 5.29. The quantitative estimate of drug-likeness (QED) is 0.537. The van der Waals surface area contributed by atoms with Crippen molar-refractivity contribution in [3.8, 4) is 0 Å². The van der Waals surface area contributed by atoms with E-state index in [4.69, 9.17) is 46.4 Å². The van der Waals surface area contributed by atoms with E-state index in [1.165, 1.54) is 0 Å². The highest BCUT2D eigenvalue weighted by atomic mass is 35.5. The molecule has 0 spiro atoms. The lowest BCUT2D eigenvalue weighted by Gasteiger charge is -1.75. The van der Waals surface area contributed by atoms with Gasteiger partial charge in [-0.15, -0.1) is 0 Å². The van der Waals surface area contributed by atoms with E-state index in [0.29, 0.717) is 0 Å². The fourth-order valence-electron chi connectivity index (χ4n) is 0. The molecule has 12 heavy (non-hydrogen) atoms. The summed E-state index contributed by atoms with van der Waals surface area (Å²) in [4.78, 5) is 0. The average molecular weight is 266 g/mol. The molecule has 0 heterocycles. The molecule has 8 heteroatoms. The highest BCUT2D eigenvalue weighted by Crippen LogP contribution is 2.20. The maximum atomic E-state index is 10.3. The molecule has 0 bridgehead atoms. The SMILES string of the molecule is ClC(Cl)=C(Cl)Cl.FC(F)=C(F)F. The Bertz CT molecular complexity index is 141. The van der Waals surface area contributed by atoms with Gasteiger partial charge in [-0.3, -0.25) is 0 Å². The lowest BCUT2D eigenvalue weighted by molar-refractivity contribution is 0.308. The Morgan fingerprint density at radius 2 is 0.750 bits per heavy atom. The summed E-state index contributed by atoms with van der Waals surface area (Å²) in [6.45, 7) is 0. The fraction of sp³-hybridized carbons (Fsp3) is 0. The Morgan fingerprint density at radius 3 is 0.750 bits per heavy atom. The van der Waals surface area contributed by atoms with Crippen molar-refractivity contribution in [2.45, 2.75) is 0 Å². The van der Waals surface area contributed by atoms with Crippen LogP contribution in [-0.2, 0) is 0 Å². The first kappa shape index (κ1) is 14.9. The molecule has 0 aliphatic rings. The van der Waals surface area contributed by atoms with Gasteiger partial charge in [0.05, 0.1) is 0 Å². The van der Waals surface area contributed by atoms with Crippen LogP contribution in [0.25, 0.3) is 0 Å². The smallest absolute Gasteiger partial charge is 0.167 e. The molecular formula is C4Cl4F4. The summed E-state index contributed by atoms with van der Waals surface area (Å²) >= 11 is 20.0. The third-order valence-corrected chi connectivity index (χ3v) is 1.43. The van der Waals surface area contributed by atoms with Gasteiger partial charge >= 0.3 is 12.2 Å². The van der Waals surface area contributed by atoms with Crippen molar-refractivity contribution in [1.82, 2.24) is 0 Å². The molecule has 0 fully saturated rings. The lowest BCUT2D eigenvalue weighted by Crippen LogP contribution is -1.56. The van der Waals surface area contributed by atoms with Crippen LogP contribution < -0.4 is 0 Å². The normalized spacial score (nSPS) is 8.00. The summed E-state index contributed by atoms with van der Waals surface area (Å²) in [5.41, 5.74) is 0. The predicted molar refractivity (Wildman–Crippen MR) is 41.9 cm³/mol. The van der Waals surface area contributed by atoms with Gasteiger partial charge in [0.25, 0.3) is 0 Å². The molecule has 0 aromatic heterocycles. The van der Waals surface area contributed by atoms with Crippen molar-refractivity contribution in [2.75, 3.05) is 0 Å². The van der Waals surface area contributed by atoms with Gasteiger partial charge in [-0.25, -0.2) is 0 Å². The van der Waals surface area contributed by atoms with Crippen LogP contribution in [0.3, 0.4) is 0 Å². The van der Waals surface area contributed by atoms with Crippen LogP contribution in [0.4, 0.5) is 17.6 Å². The highest BCUT2D eigenvalue weighted by molar-refractivity contribution is 6.67. The number of hydrogen-bond acceptors (Lipinski definition) is 0. The van der Waals surface area contributed by atoms with Crippen LogP contribution in [-0.4, -0.2) is 0 Å². The van der Waals surface area contributed by atoms with E-state index in [9.17, 15) is 17.6 Å². The molecule has 0 atom stereocenters. The van der Waals surface area contributed by atoms with Crippen LogP contribution in [0.2, 0.25) is 0 Å². The minimum absolute atomic E-state index is 0.0988. The second-order valence-electron chi connectivity index (χ2n) is 1.04. The molecule has 72 valence electrons. The van der Waals surface area contributed by atoms with Gasteiger partial charge in [0.15, 0.2) is 0 Å². The van der Waals surface area contributed by atoms with E-state index >= 15 is 0 Å². The van der Waals surface area contributed by atoms with Crippen LogP contribution in [0.5, 0.6) is 0 Å². The van der Waals surface area contributed by atoms with Gasteiger partial charge in [0.1, 0.15) is 8.98 Å². The summed E-state index contributed by atoms with van der Waals surface area (Å²) in [5.74, 6) is 0. The van der Waals surface area contributed by atoms with E-state index in [0.717, 1.165) is 0 Å². The Labute approximate surface area is 85.3 Å². The van der Waals surface area contributed by atoms with Gasteiger partial charge in [0.2, 0.25) is 0 Å². The summed E-state index contributed by atoms with van der Waals surface area (Å²) in [5, 5.41) is 0. The van der Waals surface area contributed by atoms with E-state index in [-0.39, 0.29) is 8.98 Å². The van der Waals surface area contributed by atoms with Gasteiger partial charge in [0, 0.05) is 0 Å². The standard InChI is InChI=1S/C2Cl4.C2F4/c2*3-1(4)2(5)6. The van der Waals surface area contributed by atoms with E-state index in [2.05, 4.69) is 0 Å². The van der Waals surface area contributed by atoms with E-state index < -0.39 is 12.2 Å². The molecule has 0 rings (SSSR count). The van der Waals surface area contributed by atoms with Gasteiger partial charge in [-0.2, -0.15) is 17.6 Å². The molecule has 0 saturated carbocycles. The molecule has 0 aliphatic carbocycles. The molecule has 0 nitrogen and oxygen atoms in total. The molecule has 0 aliphatic heterocycles. The molecular weight excluding hydrogens is 266 g/mol. The minimum Gasteiger partial charge on any atom is -0.167 e. The topological polar surface area (TPSA) is 0 Å². The minimum atomic E-state index is -2.91. The van der Waals surface area contributed by atoms with Crippen molar-refractivity contribution in [3.63, 3.8) is 0 Å². The summed E-state index contributed by atoms with van der Waals surface area (Å²) in [6.07, 6.45) is -5.81. The molecule has 0 unspecified atom stereocenters. The fourth-order valence-corrected chi connectivity index (χ4v) is 0. The Hall–Kier alpha value is 0.360. The lowest BCUT2D eigenvalue weighted by atomic mass is 11.1. The molecule has 0 radical (unpaired) electrons. The second-order valence-corrected chi connectivity index (χ2v) is 2.94. The van der Waals surface area contributed by atoms with Gasteiger partial charge < -0.3 is 0 Å². The first-order valence-corrected chi connectivity index (χ1v) is 3.52. The second kappa shape index (κ2) is 7.98. The zero-order valence-electron chi connectivity index (χ0n) is 5.02. The van der Waals surface area contributed by atoms with Crippen molar-refractivity contribution in [1.29, 1.82) is 0 Å². The number of rotatable bonds is 0. The van der Waals surface area contributed by atoms with Crippen LogP contribution in [0.15, 0.2) is 21.1 Å². The van der Waals surface area contributed by atoms with Crippen molar-refractivity contribution < 1.29 is 17.6 Å². The Balaban J connectivity index is 0. The molecule has 0 aromatic rings. The summed E-state index contributed by atoms with van der Waals surface area (Å²) < 4.78 is 41.0. The zero-order valence-corrected chi connectivity index (χ0v) is 8.05. The van der Waals surface area contributed by atoms with E-state index in [1.54, 1.807) is 0 Å². The van der Waals surface area contributed by atoms with Crippen LogP contribution in [0.1, 0.15) is 0 Å². The number of halogens is 8. The maximum Gasteiger partial charge on any atom is 0.334 e. The molecule has 0 amide bonds. The van der Waals surface area contributed by atoms with Crippen molar-refractivity contribution in [2.24, 2.45) is 0 Å². The third kappa shape index (κ3) is 13.0. The third-order valence-electron chi connectivity index (χ3n) is 0.286. The molecule has 0 saturated heterocycles. The van der Waals surface area contributed by atoms with Crippen LogP contribution in [0, 0.1) is 0 Å². The largest absolute Gasteiger partial charge is 0.334 e. The zero-order chi connectivity index (χ0) is 10.3. The summed E-state index contributed by atoms with van der Waals surface area (Å²) in [6, 6.07) is 0. The number of hydrogen-bond donors (Lipinski definition) is 0. The van der Waals surface area contributed by atoms with Gasteiger partial charge in [-0.05, 0) is 0 Å². The van der Waals surface area contributed by atoms with E-state index in [1.807, 2.05) is 0 Å². The van der Waals surface area contributed by atoms with Crippen molar-refractivity contribution in [3.05, 3.63) is 21.1 Å². The van der Waals surface area contributed by atoms with Crippen LogP contribution >= 0.6 is 46.4 Å². The van der Waals surface area contributed by atoms with Gasteiger partial charge in [-0.1, -0.05) is 46.4 Å².